The maximum absolute atomic E-state index is 11.7. The quantitative estimate of drug-likeness (QED) is 0.795. The second-order valence-corrected chi connectivity index (χ2v) is 4.92. The van der Waals surface area contributed by atoms with Crippen LogP contribution in [0.15, 0.2) is 29.0 Å². The van der Waals surface area contributed by atoms with E-state index in [0.717, 1.165) is 21.5 Å². The van der Waals surface area contributed by atoms with E-state index in [0.29, 0.717) is 5.56 Å². The molecule has 0 aliphatic carbocycles. The topological polar surface area (TPSA) is 34.9 Å². The molecule has 1 aromatic heterocycles. The molecule has 1 aromatic carbocycles. The first kappa shape index (κ1) is 12.0. The smallest absolute Gasteiger partial charge is 0.161 e. The lowest BCUT2D eigenvalue weighted by Gasteiger charge is -2.10. The summed E-state index contributed by atoms with van der Waals surface area (Å²) >= 11 is 3.38. The van der Waals surface area contributed by atoms with Crippen LogP contribution in [-0.2, 0) is 0 Å². The van der Waals surface area contributed by atoms with Gasteiger partial charge < -0.3 is 4.57 Å². The zero-order valence-electron chi connectivity index (χ0n) is 9.99. The average molecular weight is 293 g/mol. The Morgan fingerprint density at radius 1 is 1.35 bits per heavy atom. The number of hydrogen-bond acceptors (Lipinski definition) is 2. The van der Waals surface area contributed by atoms with Gasteiger partial charge in [-0.3, -0.25) is 4.79 Å². The average Bonchev–Trinajstić information content (AvgIpc) is 2.60. The lowest BCUT2D eigenvalue weighted by Crippen LogP contribution is -2.04. The van der Waals surface area contributed by atoms with Crippen LogP contribution < -0.4 is 0 Å². The van der Waals surface area contributed by atoms with Crippen molar-refractivity contribution >= 4 is 21.7 Å². The van der Waals surface area contributed by atoms with Gasteiger partial charge in [0.2, 0.25) is 0 Å². The van der Waals surface area contributed by atoms with E-state index >= 15 is 0 Å². The molecule has 17 heavy (non-hydrogen) atoms. The molecule has 0 radical (unpaired) electrons. The Kier molecular flexibility index (Phi) is 3.15. The highest BCUT2D eigenvalue weighted by Gasteiger charge is 2.12. The van der Waals surface area contributed by atoms with Gasteiger partial charge in [-0.15, -0.1) is 0 Å². The van der Waals surface area contributed by atoms with Gasteiger partial charge in [-0.05, 0) is 39.0 Å². The zero-order chi connectivity index (χ0) is 12.6. The van der Waals surface area contributed by atoms with Gasteiger partial charge in [-0.1, -0.05) is 15.9 Å². The Morgan fingerprint density at radius 2 is 2.06 bits per heavy atom. The lowest BCUT2D eigenvalue weighted by atomic mass is 10.1. The van der Waals surface area contributed by atoms with E-state index in [1.165, 1.54) is 0 Å². The van der Waals surface area contributed by atoms with Crippen molar-refractivity contribution in [2.45, 2.75) is 20.8 Å². The van der Waals surface area contributed by atoms with Gasteiger partial charge in [0.05, 0.1) is 17.7 Å². The summed E-state index contributed by atoms with van der Waals surface area (Å²) in [6, 6.07) is 5.69. The Morgan fingerprint density at radius 3 is 2.59 bits per heavy atom. The van der Waals surface area contributed by atoms with Gasteiger partial charge in [-0.25, -0.2) is 4.98 Å². The minimum atomic E-state index is 0.0482. The van der Waals surface area contributed by atoms with Crippen molar-refractivity contribution in [2.75, 3.05) is 0 Å². The van der Waals surface area contributed by atoms with E-state index in [-0.39, 0.29) is 5.78 Å². The number of ketones is 1. The molecule has 0 aliphatic rings. The standard InChI is InChI=1S/C13H13BrN2O/c1-8-9(2)16(7-15-8)13-5-4-11(14)6-12(13)10(3)17/h4-7H,1-3H3. The number of aryl methyl sites for hydroxylation is 1. The molecule has 1 heterocycles. The van der Waals surface area contributed by atoms with Crippen LogP contribution in [0.3, 0.4) is 0 Å². The summed E-state index contributed by atoms with van der Waals surface area (Å²) in [6.45, 7) is 5.52. The minimum Gasteiger partial charge on any atom is -0.303 e. The predicted octanol–water partition coefficient (Wildman–Crippen LogP) is 3.45. The first-order chi connectivity index (χ1) is 8.00. The monoisotopic (exact) mass is 292 g/mol. The summed E-state index contributed by atoms with van der Waals surface area (Å²) < 4.78 is 2.85. The van der Waals surface area contributed by atoms with Crippen molar-refractivity contribution in [1.29, 1.82) is 0 Å². The molecule has 2 aromatic rings. The molecule has 0 N–H and O–H groups in total. The van der Waals surface area contributed by atoms with Crippen LogP contribution in [-0.4, -0.2) is 15.3 Å². The fourth-order valence-corrected chi connectivity index (χ4v) is 2.10. The van der Waals surface area contributed by atoms with E-state index in [1.807, 2.05) is 36.6 Å². The van der Waals surface area contributed by atoms with Gasteiger partial charge in [0.25, 0.3) is 0 Å². The highest BCUT2D eigenvalue weighted by molar-refractivity contribution is 9.10. The predicted molar refractivity (Wildman–Crippen MR) is 70.7 cm³/mol. The molecule has 0 saturated heterocycles. The van der Waals surface area contributed by atoms with Crippen LogP contribution in [0.25, 0.3) is 5.69 Å². The van der Waals surface area contributed by atoms with E-state index in [2.05, 4.69) is 20.9 Å². The molecule has 0 saturated carbocycles. The molecular formula is C13H13BrN2O. The largest absolute Gasteiger partial charge is 0.303 e. The summed E-state index contributed by atoms with van der Waals surface area (Å²) in [5.74, 6) is 0.0482. The second-order valence-electron chi connectivity index (χ2n) is 4.00. The number of aromatic nitrogens is 2. The molecule has 0 amide bonds. The van der Waals surface area contributed by atoms with Gasteiger partial charge in [-0.2, -0.15) is 0 Å². The molecule has 88 valence electrons. The summed E-state index contributed by atoms with van der Waals surface area (Å²) in [4.78, 5) is 15.9. The number of Topliss-reactive ketones (excluding diaryl/α,β-unsaturated/α-hetero) is 1. The van der Waals surface area contributed by atoms with E-state index < -0.39 is 0 Å². The van der Waals surface area contributed by atoms with Gasteiger partial charge in [0, 0.05) is 15.7 Å². The van der Waals surface area contributed by atoms with Crippen LogP contribution in [0.4, 0.5) is 0 Å². The van der Waals surface area contributed by atoms with Crippen LogP contribution in [0.1, 0.15) is 28.7 Å². The molecule has 0 atom stereocenters. The van der Waals surface area contributed by atoms with Crippen molar-refractivity contribution < 1.29 is 4.79 Å². The Balaban J connectivity index is 2.67. The fraction of sp³-hybridized carbons (Fsp3) is 0.231. The molecule has 0 bridgehead atoms. The molecule has 0 unspecified atom stereocenters. The molecule has 2 rings (SSSR count). The third kappa shape index (κ3) is 2.17. The summed E-state index contributed by atoms with van der Waals surface area (Å²) in [5, 5.41) is 0. The maximum atomic E-state index is 11.7. The van der Waals surface area contributed by atoms with E-state index in [9.17, 15) is 4.79 Å². The van der Waals surface area contributed by atoms with Crippen LogP contribution >= 0.6 is 15.9 Å². The Hall–Kier alpha value is -1.42. The first-order valence-corrected chi connectivity index (χ1v) is 6.11. The number of carbonyl (C=O) groups is 1. The SMILES string of the molecule is CC(=O)c1cc(Br)ccc1-n1cnc(C)c1C. The molecule has 0 fully saturated rings. The van der Waals surface area contributed by atoms with E-state index in [4.69, 9.17) is 0 Å². The lowest BCUT2D eigenvalue weighted by molar-refractivity contribution is 0.101. The zero-order valence-corrected chi connectivity index (χ0v) is 11.6. The number of rotatable bonds is 2. The maximum Gasteiger partial charge on any atom is 0.161 e. The van der Waals surface area contributed by atoms with Gasteiger partial charge in [0.1, 0.15) is 0 Å². The van der Waals surface area contributed by atoms with Crippen LogP contribution in [0.5, 0.6) is 0 Å². The first-order valence-electron chi connectivity index (χ1n) is 5.32. The molecule has 0 aliphatic heterocycles. The van der Waals surface area contributed by atoms with Crippen molar-refractivity contribution in [3.05, 3.63) is 46.0 Å². The van der Waals surface area contributed by atoms with E-state index in [1.54, 1.807) is 13.3 Å². The molecule has 3 nitrogen and oxygen atoms in total. The van der Waals surface area contributed by atoms with Crippen molar-refractivity contribution in [2.24, 2.45) is 0 Å². The highest BCUT2D eigenvalue weighted by Crippen LogP contribution is 2.22. The van der Waals surface area contributed by atoms with Gasteiger partial charge >= 0.3 is 0 Å². The number of nitrogens with zero attached hydrogens (tertiary/aromatic N) is 2. The third-order valence-corrected chi connectivity index (χ3v) is 3.34. The summed E-state index contributed by atoms with van der Waals surface area (Å²) in [6.07, 6.45) is 1.75. The normalized spacial score (nSPS) is 10.6. The van der Waals surface area contributed by atoms with Crippen molar-refractivity contribution in [3.63, 3.8) is 0 Å². The number of hydrogen-bond donors (Lipinski definition) is 0. The molecule has 0 spiro atoms. The number of halogens is 1. The second kappa shape index (κ2) is 4.45. The van der Waals surface area contributed by atoms with Gasteiger partial charge in [0.15, 0.2) is 5.78 Å². The van der Waals surface area contributed by atoms with Crippen LogP contribution in [0.2, 0.25) is 0 Å². The minimum absolute atomic E-state index is 0.0482. The van der Waals surface area contributed by atoms with Crippen molar-refractivity contribution in [3.8, 4) is 5.69 Å². The summed E-state index contributed by atoms with van der Waals surface area (Å²) in [5.41, 5.74) is 3.59. The van der Waals surface area contributed by atoms with Crippen LogP contribution in [0, 0.1) is 13.8 Å². The summed E-state index contributed by atoms with van der Waals surface area (Å²) in [7, 11) is 0. The fourth-order valence-electron chi connectivity index (χ4n) is 1.74. The molecule has 4 heteroatoms. The third-order valence-electron chi connectivity index (χ3n) is 2.85. The number of benzene rings is 1. The number of carbonyl (C=O) groups excluding carboxylic acids is 1. The highest BCUT2D eigenvalue weighted by atomic mass is 79.9. The Labute approximate surface area is 109 Å². The Bertz CT molecular complexity index is 587. The van der Waals surface area contributed by atoms with Crippen molar-refractivity contribution in [1.82, 2.24) is 9.55 Å². The number of imidazole rings is 1. The molecular weight excluding hydrogens is 280 g/mol.